The van der Waals surface area contributed by atoms with E-state index in [0.717, 1.165) is 23.8 Å². The fraction of sp³-hybridized carbons (Fsp3) is 0.316. The van der Waals surface area contributed by atoms with Crippen LogP contribution in [0.2, 0.25) is 0 Å². The average molecular weight is 407 g/mol. The Morgan fingerprint density at radius 2 is 1.74 bits per heavy atom. The second-order valence-electron chi connectivity index (χ2n) is 6.77. The number of anilines is 1. The Bertz CT molecular complexity index is 951. The summed E-state index contributed by atoms with van der Waals surface area (Å²) < 4.78 is 24.6. The third-order valence-electron chi connectivity index (χ3n) is 4.78. The summed E-state index contributed by atoms with van der Waals surface area (Å²) in [6.45, 7) is 4.12. The highest BCUT2D eigenvalue weighted by Crippen LogP contribution is 2.44. The van der Waals surface area contributed by atoms with Crippen LogP contribution in [0.5, 0.6) is 0 Å². The number of hydrogen-bond acceptors (Lipinski definition) is 5. The van der Waals surface area contributed by atoms with E-state index in [1.807, 2.05) is 30.3 Å². The number of carbonyl (C=O) groups is 1. The molecule has 2 aromatic carbocycles. The van der Waals surface area contributed by atoms with Gasteiger partial charge in [0.15, 0.2) is 0 Å². The van der Waals surface area contributed by atoms with Gasteiger partial charge in [0.05, 0.1) is 21.0 Å². The van der Waals surface area contributed by atoms with Gasteiger partial charge in [0.2, 0.25) is 10.0 Å². The lowest BCUT2D eigenvalue weighted by Crippen LogP contribution is -2.33. The van der Waals surface area contributed by atoms with Crippen molar-refractivity contribution in [3.63, 3.8) is 0 Å². The molecule has 3 N–H and O–H groups in total. The fourth-order valence-electron chi connectivity index (χ4n) is 3.49. The number of rotatable bonds is 5. The van der Waals surface area contributed by atoms with Gasteiger partial charge in [-0.3, -0.25) is 0 Å². The van der Waals surface area contributed by atoms with E-state index in [1.54, 1.807) is 6.07 Å². The molecule has 0 radical (unpaired) electrons. The summed E-state index contributed by atoms with van der Waals surface area (Å²) >= 11 is 1.29. The average Bonchev–Trinajstić information content (AvgIpc) is 2.93. The molecule has 1 heterocycles. The molecule has 0 aromatic heterocycles. The standard InChI is InChI=1S/C19H22N2O4S2/c1-12-8-9-13(2)21(12)16-10-14(19(22)23)11-17(27(20,24)25)18(16)26-15-6-4-3-5-7-15/h3-7,10-13H,8-9H2,1-2H3,(H,22,23)(H2,20,24,25). The number of nitrogens with zero attached hydrogens (tertiary/aromatic N) is 1. The van der Waals surface area contributed by atoms with Crippen molar-refractivity contribution in [2.45, 2.75) is 53.5 Å². The molecule has 0 aliphatic carbocycles. The third kappa shape index (κ3) is 4.12. The molecule has 6 nitrogen and oxygen atoms in total. The highest BCUT2D eigenvalue weighted by Gasteiger charge is 2.32. The molecule has 27 heavy (non-hydrogen) atoms. The van der Waals surface area contributed by atoms with E-state index in [1.165, 1.54) is 11.8 Å². The Kier molecular flexibility index (Phi) is 5.50. The van der Waals surface area contributed by atoms with Crippen LogP contribution < -0.4 is 10.0 Å². The maximum atomic E-state index is 12.3. The minimum Gasteiger partial charge on any atom is -0.478 e. The summed E-state index contributed by atoms with van der Waals surface area (Å²) in [6, 6.07) is 12.4. The summed E-state index contributed by atoms with van der Waals surface area (Å²) in [5.41, 5.74) is 0.517. The second-order valence-corrected chi connectivity index (χ2v) is 9.38. The van der Waals surface area contributed by atoms with Gasteiger partial charge < -0.3 is 10.0 Å². The van der Waals surface area contributed by atoms with Crippen molar-refractivity contribution in [3.05, 3.63) is 48.0 Å². The van der Waals surface area contributed by atoms with E-state index >= 15 is 0 Å². The van der Waals surface area contributed by atoms with Crippen LogP contribution in [0.3, 0.4) is 0 Å². The first-order valence-corrected chi connectivity index (χ1v) is 11.0. The number of carboxylic acid groups (broad SMARTS) is 1. The summed E-state index contributed by atoms with van der Waals surface area (Å²) in [5.74, 6) is -1.18. The Morgan fingerprint density at radius 1 is 1.15 bits per heavy atom. The van der Waals surface area contributed by atoms with Crippen molar-refractivity contribution in [2.75, 3.05) is 4.90 Å². The summed E-state index contributed by atoms with van der Waals surface area (Å²) in [6.07, 6.45) is 1.91. The molecular formula is C19H22N2O4S2. The molecule has 0 saturated carbocycles. The van der Waals surface area contributed by atoms with Gasteiger partial charge in [-0.05, 0) is 51.0 Å². The molecule has 1 fully saturated rings. The normalized spacial score (nSPS) is 20.0. The maximum Gasteiger partial charge on any atom is 0.335 e. The quantitative estimate of drug-likeness (QED) is 0.787. The van der Waals surface area contributed by atoms with Crippen molar-refractivity contribution in [3.8, 4) is 0 Å². The number of hydrogen-bond donors (Lipinski definition) is 2. The number of aromatic carboxylic acids is 1. The molecule has 1 aliphatic rings. The Morgan fingerprint density at radius 3 is 2.26 bits per heavy atom. The van der Waals surface area contributed by atoms with Gasteiger partial charge in [0, 0.05) is 17.0 Å². The Hall–Kier alpha value is -2.03. The van der Waals surface area contributed by atoms with E-state index in [0.29, 0.717) is 10.6 Å². The zero-order valence-corrected chi connectivity index (χ0v) is 16.8. The summed E-state index contributed by atoms with van der Waals surface area (Å²) in [4.78, 5) is 14.9. The summed E-state index contributed by atoms with van der Waals surface area (Å²) in [7, 11) is -4.11. The smallest absolute Gasteiger partial charge is 0.335 e. The molecule has 144 valence electrons. The van der Waals surface area contributed by atoms with Gasteiger partial charge in [0.25, 0.3) is 0 Å². The van der Waals surface area contributed by atoms with Crippen molar-refractivity contribution in [2.24, 2.45) is 5.14 Å². The van der Waals surface area contributed by atoms with Gasteiger partial charge >= 0.3 is 5.97 Å². The SMILES string of the molecule is CC1CCC(C)N1c1cc(C(=O)O)cc(S(N)(=O)=O)c1Sc1ccccc1. The van der Waals surface area contributed by atoms with Gasteiger partial charge in [-0.2, -0.15) is 0 Å². The fourth-order valence-corrected chi connectivity index (χ4v) is 5.58. The van der Waals surface area contributed by atoms with Crippen LogP contribution in [-0.2, 0) is 10.0 Å². The van der Waals surface area contributed by atoms with Crippen molar-refractivity contribution < 1.29 is 18.3 Å². The monoisotopic (exact) mass is 406 g/mol. The van der Waals surface area contributed by atoms with Crippen LogP contribution in [0.4, 0.5) is 5.69 Å². The Balaban J connectivity index is 2.27. The van der Waals surface area contributed by atoms with Gasteiger partial charge in [0.1, 0.15) is 0 Å². The van der Waals surface area contributed by atoms with Crippen molar-refractivity contribution in [1.82, 2.24) is 0 Å². The van der Waals surface area contributed by atoms with E-state index in [4.69, 9.17) is 5.14 Å². The molecule has 1 aliphatic heterocycles. The highest BCUT2D eigenvalue weighted by atomic mass is 32.2. The van der Waals surface area contributed by atoms with Crippen molar-refractivity contribution in [1.29, 1.82) is 0 Å². The number of primary sulfonamides is 1. The van der Waals surface area contributed by atoms with Gasteiger partial charge in [-0.1, -0.05) is 30.0 Å². The largest absolute Gasteiger partial charge is 0.478 e. The first-order chi connectivity index (χ1) is 12.7. The van der Waals surface area contributed by atoms with E-state index in [-0.39, 0.29) is 22.5 Å². The van der Waals surface area contributed by atoms with Crippen molar-refractivity contribution >= 4 is 33.4 Å². The van der Waals surface area contributed by atoms with E-state index in [2.05, 4.69) is 18.7 Å². The zero-order chi connectivity index (χ0) is 19.8. The molecule has 8 heteroatoms. The van der Waals surface area contributed by atoms with Crippen LogP contribution >= 0.6 is 11.8 Å². The lowest BCUT2D eigenvalue weighted by atomic mass is 10.1. The highest BCUT2D eigenvalue weighted by molar-refractivity contribution is 8.00. The van der Waals surface area contributed by atoms with Crippen LogP contribution in [0.15, 0.2) is 57.2 Å². The maximum absolute atomic E-state index is 12.3. The molecule has 1 saturated heterocycles. The number of nitrogens with two attached hydrogens (primary N) is 1. The molecule has 0 amide bonds. The first-order valence-electron chi connectivity index (χ1n) is 8.64. The van der Waals surface area contributed by atoms with E-state index in [9.17, 15) is 18.3 Å². The predicted octanol–water partition coefficient (Wildman–Crippen LogP) is 3.56. The van der Waals surface area contributed by atoms with Gasteiger partial charge in [-0.25, -0.2) is 18.4 Å². The van der Waals surface area contributed by atoms with Crippen LogP contribution in [0.25, 0.3) is 0 Å². The van der Waals surface area contributed by atoms with Gasteiger partial charge in [-0.15, -0.1) is 0 Å². The third-order valence-corrected chi connectivity index (χ3v) is 6.99. The molecule has 2 unspecified atom stereocenters. The minimum absolute atomic E-state index is 0.0854. The molecule has 0 bridgehead atoms. The van der Waals surface area contributed by atoms with Crippen LogP contribution in [0, 0.1) is 0 Å². The number of carboxylic acids is 1. The zero-order valence-electron chi connectivity index (χ0n) is 15.1. The number of sulfonamides is 1. The predicted molar refractivity (Wildman–Crippen MR) is 106 cm³/mol. The molecule has 2 aromatic rings. The topological polar surface area (TPSA) is 101 Å². The number of benzene rings is 2. The molecule has 0 spiro atoms. The van der Waals surface area contributed by atoms with E-state index < -0.39 is 16.0 Å². The second kappa shape index (κ2) is 7.53. The molecule has 3 rings (SSSR count). The Labute approximate surface area is 163 Å². The minimum atomic E-state index is -4.11. The molecule has 2 atom stereocenters. The molecular weight excluding hydrogens is 384 g/mol. The lowest BCUT2D eigenvalue weighted by molar-refractivity contribution is 0.0696. The summed E-state index contributed by atoms with van der Waals surface area (Å²) in [5, 5.41) is 15.0. The first kappa shape index (κ1) is 19.7. The van der Waals surface area contributed by atoms with Crippen LogP contribution in [0.1, 0.15) is 37.0 Å². The van der Waals surface area contributed by atoms with Crippen LogP contribution in [-0.4, -0.2) is 31.6 Å². The lowest BCUT2D eigenvalue weighted by Gasteiger charge is -2.31.